The van der Waals surface area contributed by atoms with Crippen molar-refractivity contribution in [2.45, 2.75) is 32.6 Å². The Balaban J connectivity index is 2.46. The number of carbonyl (C=O) groups excluding carboxylic acids is 1. The van der Waals surface area contributed by atoms with Crippen molar-refractivity contribution in [1.29, 1.82) is 0 Å². The van der Waals surface area contributed by atoms with Gasteiger partial charge in [0.1, 0.15) is 0 Å². The highest BCUT2D eigenvalue weighted by atomic mass is 32.1. The highest BCUT2D eigenvalue weighted by Crippen LogP contribution is 2.10. The van der Waals surface area contributed by atoms with Gasteiger partial charge in [-0.3, -0.25) is 4.79 Å². The summed E-state index contributed by atoms with van der Waals surface area (Å²) in [7, 11) is -1.51. The fourth-order valence-corrected chi connectivity index (χ4v) is 2.30. The molecule has 0 radical (unpaired) electrons. The van der Waals surface area contributed by atoms with Gasteiger partial charge in [-0.1, -0.05) is 19.9 Å². The van der Waals surface area contributed by atoms with E-state index >= 15 is 0 Å². The van der Waals surface area contributed by atoms with E-state index in [-0.39, 0.29) is 5.91 Å². The lowest BCUT2D eigenvalue weighted by molar-refractivity contribution is -0.120. The predicted molar refractivity (Wildman–Crippen MR) is 69.6 cm³/mol. The summed E-state index contributed by atoms with van der Waals surface area (Å²) in [5.74, 6) is -0.475. The molecule has 1 rings (SSSR count). The van der Waals surface area contributed by atoms with Gasteiger partial charge < -0.3 is 15.4 Å². The number of amides is 1. The van der Waals surface area contributed by atoms with Crippen molar-refractivity contribution >= 4 is 24.4 Å². The molecule has 1 heterocycles. The first-order valence-electron chi connectivity index (χ1n) is 5.67. The lowest BCUT2D eigenvalue weighted by atomic mass is 9.75. The Morgan fingerprint density at radius 2 is 2.24 bits per heavy atom. The molecular weight excluding hydrogens is 237 g/mol. The van der Waals surface area contributed by atoms with Crippen LogP contribution >= 0.6 is 11.3 Å². The van der Waals surface area contributed by atoms with E-state index in [0.717, 1.165) is 4.88 Å². The molecule has 1 atom stereocenters. The zero-order valence-electron chi connectivity index (χ0n) is 10.1. The largest absolute Gasteiger partial charge is 0.475 e. The van der Waals surface area contributed by atoms with Crippen molar-refractivity contribution in [2.75, 3.05) is 0 Å². The molecule has 0 saturated heterocycles. The minimum absolute atomic E-state index is 0.175. The van der Waals surface area contributed by atoms with Crippen molar-refractivity contribution < 1.29 is 14.8 Å². The summed E-state index contributed by atoms with van der Waals surface area (Å²) in [6, 6.07) is 3.77. The van der Waals surface area contributed by atoms with Gasteiger partial charge in [-0.15, -0.1) is 11.3 Å². The quantitative estimate of drug-likeness (QED) is 0.659. The lowest BCUT2D eigenvalue weighted by Crippen LogP contribution is -2.47. The van der Waals surface area contributed by atoms with Gasteiger partial charge in [0.05, 0.1) is 12.4 Å². The standard InChI is InChI=1S/C11H18BNO3S/c1-8(2)6-10(12(15)16)13-11(14)7-9-4-3-5-17-9/h3-5,8,10,15-16H,6-7H2,1-2H3,(H,13,14). The molecule has 0 aliphatic heterocycles. The molecule has 0 aromatic carbocycles. The summed E-state index contributed by atoms with van der Waals surface area (Å²) >= 11 is 1.51. The molecular formula is C11H18BNO3S. The van der Waals surface area contributed by atoms with E-state index in [1.807, 2.05) is 31.4 Å². The van der Waals surface area contributed by atoms with Crippen LogP contribution in [-0.2, 0) is 11.2 Å². The summed E-state index contributed by atoms with van der Waals surface area (Å²) in [5.41, 5.74) is 0. The first kappa shape index (κ1) is 14.2. The third-order valence-corrected chi connectivity index (χ3v) is 3.22. The Kier molecular flexibility index (Phi) is 5.67. The zero-order valence-corrected chi connectivity index (χ0v) is 10.9. The molecule has 6 heteroatoms. The Hall–Kier alpha value is -0.845. The van der Waals surface area contributed by atoms with Gasteiger partial charge in [0.15, 0.2) is 0 Å². The molecule has 17 heavy (non-hydrogen) atoms. The zero-order chi connectivity index (χ0) is 12.8. The number of thiophene rings is 1. The van der Waals surface area contributed by atoms with Crippen LogP contribution in [-0.4, -0.2) is 29.0 Å². The third-order valence-electron chi connectivity index (χ3n) is 2.35. The van der Waals surface area contributed by atoms with Gasteiger partial charge in [-0.2, -0.15) is 0 Å². The molecule has 0 bridgehead atoms. The SMILES string of the molecule is CC(C)CC(NC(=O)Cc1cccs1)B(O)O. The van der Waals surface area contributed by atoms with Gasteiger partial charge in [0.2, 0.25) is 5.91 Å². The van der Waals surface area contributed by atoms with Crippen LogP contribution in [0, 0.1) is 5.92 Å². The molecule has 0 aliphatic rings. The molecule has 3 N–H and O–H groups in total. The van der Waals surface area contributed by atoms with Crippen molar-refractivity contribution in [3.05, 3.63) is 22.4 Å². The van der Waals surface area contributed by atoms with Gasteiger partial charge in [-0.05, 0) is 23.8 Å². The fourth-order valence-electron chi connectivity index (χ4n) is 1.59. The minimum Gasteiger partial charge on any atom is -0.426 e. The van der Waals surface area contributed by atoms with E-state index < -0.39 is 13.1 Å². The number of carbonyl (C=O) groups is 1. The maximum Gasteiger partial charge on any atom is 0.475 e. The fraction of sp³-hybridized carbons (Fsp3) is 0.545. The van der Waals surface area contributed by atoms with Crippen molar-refractivity contribution in [2.24, 2.45) is 5.92 Å². The Bertz CT molecular complexity index is 340. The molecule has 0 fully saturated rings. The maximum atomic E-state index is 11.7. The molecule has 1 amide bonds. The van der Waals surface area contributed by atoms with Crippen molar-refractivity contribution in [3.8, 4) is 0 Å². The van der Waals surface area contributed by atoms with E-state index in [1.165, 1.54) is 11.3 Å². The van der Waals surface area contributed by atoms with Crippen LogP contribution in [0.5, 0.6) is 0 Å². The van der Waals surface area contributed by atoms with Crippen molar-refractivity contribution in [3.63, 3.8) is 0 Å². The van der Waals surface area contributed by atoms with Crippen LogP contribution in [0.2, 0.25) is 0 Å². The molecule has 0 spiro atoms. The molecule has 0 aliphatic carbocycles. The highest BCUT2D eigenvalue weighted by Gasteiger charge is 2.25. The number of rotatable bonds is 6. The second kappa shape index (κ2) is 6.78. The van der Waals surface area contributed by atoms with Crippen LogP contribution in [0.4, 0.5) is 0 Å². The summed E-state index contributed by atoms with van der Waals surface area (Å²) in [4.78, 5) is 12.7. The van der Waals surface area contributed by atoms with Gasteiger partial charge in [0.25, 0.3) is 0 Å². The molecule has 94 valence electrons. The summed E-state index contributed by atoms with van der Waals surface area (Å²) in [6.45, 7) is 3.95. The second-order valence-electron chi connectivity index (χ2n) is 4.47. The smallest absolute Gasteiger partial charge is 0.426 e. The van der Waals surface area contributed by atoms with Crippen LogP contribution in [0.15, 0.2) is 17.5 Å². The van der Waals surface area contributed by atoms with Crippen LogP contribution < -0.4 is 5.32 Å². The number of hydrogen-bond donors (Lipinski definition) is 3. The summed E-state index contributed by atoms with van der Waals surface area (Å²) < 4.78 is 0. The highest BCUT2D eigenvalue weighted by molar-refractivity contribution is 7.10. The first-order valence-corrected chi connectivity index (χ1v) is 6.55. The van der Waals surface area contributed by atoms with E-state index in [2.05, 4.69) is 5.32 Å². The van der Waals surface area contributed by atoms with Gasteiger partial charge in [0, 0.05) is 4.88 Å². The van der Waals surface area contributed by atoms with Gasteiger partial charge >= 0.3 is 7.12 Å². The van der Waals surface area contributed by atoms with Crippen LogP contribution in [0.25, 0.3) is 0 Å². The normalized spacial score (nSPS) is 12.5. The number of nitrogens with one attached hydrogen (secondary N) is 1. The molecule has 1 unspecified atom stereocenters. The van der Waals surface area contributed by atoms with Crippen LogP contribution in [0.1, 0.15) is 25.1 Å². The number of hydrogen-bond acceptors (Lipinski definition) is 4. The maximum absolute atomic E-state index is 11.7. The monoisotopic (exact) mass is 255 g/mol. The van der Waals surface area contributed by atoms with E-state index in [4.69, 9.17) is 0 Å². The van der Waals surface area contributed by atoms with E-state index in [9.17, 15) is 14.8 Å². The van der Waals surface area contributed by atoms with Gasteiger partial charge in [-0.25, -0.2) is 0 Å². The average Bonchev–Trinajstić information content (AvgIpc) is 2.68. The van der Waals surface area contributed by atoms with Crippen molar-refractivity contribution in [1.82, 2.24) is 5.32 Å². The second-order valence-corrected chi connectivity index (χ2v) is 5.51. The van der Waals surface area contributed by atoms with E-state index in [1.54, 1.807) is 0 Å². The molecule has 0 saturated carbocycles. The Labute approximate surface area is 106 Å². The molecule has 4 nitrogen and oxygen atoms in total. The van der Waals surface area contributed by atoms with E-state index in [0.29, 0.717) is 18.8 Å². The topological polar surface area (TPSA) is 69.6 Å². The summed E-state index contributed by atoms with van der Waals surface area (Å²) in [6.07, 6.45) is 0.840. The lowest BCUT2D eigenvalue weighted by Gasteiger charge is -2.19. The molecule has 1 aromatic heterocycles. The average molecular weight is 255 g/mol. The predicted octanol–water partition coefficient (Wildman–Crippen LogP) is 0.833. The Morgan fingerprint density at radius 3 is 2.71 bits per heavy atom. The minimum atomic E-state index is -1.51. The molecule has 1 aromatic rings. The summed E-state index contributed by atoms with van der Waals surface area (Å²) in [5, 5.41) is 22.9. The van der Waals surface area contributed by atoms with Crippen LogP contribution in [0.3, 0.4) is 0 Å². The first-order chi connectivity index (χ1) is 7.99. The Morgan fingerprint density at radius 1 is 1.53 bits per heavy atom. The third kappa shape index (κ3) is 5.34.